The molecule has 0 amide bonds. The predicted octanol–water partition coefficient (Wildman–Crippen LogP) is 3.45. The number of nitrogens with zero attached hydrogens (tertiary/aromatic N) is 3. The van der Waals surface area contributed by atoms with Gasteiger partial charge in [-0.05, 0) is 36.2 Å². The van der Waals surface area contributed by atoms with Gasteiger partial charge < -0.3 is 14.0 Å². The molecule has 0 fully saturated rings. The first-order valence-electron chi connectivity index (χ1n) is 7.45. The second-order valence-electron chi connectivity index (χ2n) is 5.35. The van der Waals surface area contributed by atoms with Gasteiger partial charge in [-0.15, -0.1) is 11.3 Å². The Morgan fingerprint density at radius 1 is 1.12 bits per heavy atom. The molecular weight excluding hydrogens is 326 g/mol. The monoisotopic (exact) mass is 345 g/mol. The molecule has 0 spiro atoms. The molecule has 0 aliphatic heterocycles. The van der Waals surface area contributed by atoms with Gasteiger partial charge in [0.1, 0.15) is 0 Å². The van der Waals surface area contributed by atoms with Gasteiger partial charge in [0, 0.05) is 6.54 Å². The largest absolute Gasteiger partial charge is 0.493 e. The Kier molecular flexibility index (Phi) is 5.12. The highest BCUT2D eigenvalue weighted by Crippen LogP contribution is 2.28. The van der Waals surface area contributed by atoms with E-state index < -0.39 is 0 Å². The Labute approximate surface area is 144 Å². The van der Waals surface area contributed by atoms with Crippen molar-refractivity contribution in [2.75, 3.05) is 21.3 Å². The van der Waals surface area contributed by atoms with E-state index in [2.05, 4.69) is 15.0 Å². The average Bonchev–Trinajstić information content (AvgIpc) is 3.25. The van der Waals surface area contributed by atoms with Crippen LogP contribution in [0.1, 0.15) is 11.5 Å². The van der Waals surface area contributed by atoms with Gasteiger partial charge in [0.15, 0.2) is 11.5 Å². The molecule has 0 atom stereocenters. The summed E-state index contributed by atoms with van der Waals surface area (Å²) in [4.78, 5) is 7.55. The molecule has 3 aromatic rings. The fourth-order valence-corrected chi connectivity index (χ4v) is 3.05. The summed E-state index contributed by atoms with van der Waals surface area (Å²) >= 11 is 1.59. The minimum atomic E-state index is 0.576. The summed E-state index contributed by atoms with van der Waals surface area (Å²) in [6, 6.07) is 9.85. The molecule has 0 radical (unpaired) electrons. The molecule has 1 aromatic carbocycles. The van der Waals surface area contributed by atoms with Crippen LogP contribution in [0.25, 0.3) is 10.7 Å². The van der Waals surface area contributed by atoms with E-state index in [-0.39, 0.29) is 0 Å². The van der Waals surface area contributed by atoms with Crippen LogP contribution in [0.5, 0.6) is 11.5 Å². The Bertz CT molecular complexity index is 786. The highest BCUT2D eigenvalue weighted by Gasteiger charge is 2.12. The molecule has 0 bridgehead atoms. The third-order valence-electron chi connectivity index (χ3n) is 3.52. The van der Waals surface area contributed by atoms with E-state index in [1.54, 1.807) is 25.6 Å². The lowest BCUT2D eigenvalue weighted by molar-refractivity contribution is 0.260. The van der Waals surface area contributed by atoms with Crippen molar-refractivity contribution in [3.63, 3.8) is 0 Å². The van der Waals surface area contributed by atoms with Gasteiger partial charge in [-0.2, -0.15) is 4.98 Å². The molecule has 0 N–H and O–H groups in total. The van der Waals surface area contributed by atoms with Gasteiger partial charge in [-0.3, -0.25) is 4.90 Å². The zero-order valence-corrected chi connectivity index (χ0v) is 14.7. The highest BCUT2D eigenvalue weighted by molar-refractivity contribution is 7.13. The fraction of sp³-hybridized carbons (Fsp3) is 0.294. The molecule has 3 rings (SSSR count). The molecule has 24 heavy (non-hydrogen) atoms. The topological polar surface area (TPSA) is 60.6 Å². The van der Waals surface area contributed by atoms with E-state index in [4.69, 9.17) is 14.0 Å². The third kappa shape index (κ3) is 3.74. The van der Waals surface area contributed by atoms with E-state index in [0.717, 1.165) is 28.5 Å². The van der Waals surface area contributed by atoms with Crippen molar-refractivity contribution in [1.82, 2.24) is 15.0 Å². The molecule has 0 saturated heterocycles. The van der Waals surface area contributed by atoms with Crippen LogP contribution < -0.4 is 9.47 Å². The SMILES string of the molecule is COc1ccc(CN(C)Cc2nc(-c3cccs3)no2)cc1OC. The maximum Gasteiger partial charge on any atom is 0.241 e. The van der Waals surface area contributed by atoms with E-state index in [0.29, 0.717) is 18.3 Å². The van der Waals surface area contributed by atoms with Gasteiger partial charge in [0.05, 0.1) is 25.6 Å². The van der Waals surface area contributed by atoms with Gasteiger partial charge >= 0.3 is 0 Å². The minimum absolute atomic E-state index is 0.576. The van der Waals surface area contributed by atoms with Crippen LogP contribution in [0.4, 0.5) is 0 Å². The molecule has 2 heterocycles. The summed E-state index contributed by atoms with van der Waals surface area (Å²) < 4.78 is 15.9. The van der Waals surface area contributed by atoms with Gasteiger partial charge in [0.2, 0.25) is 11.7 Å². The standard InChI is InChI=1S/C17H19N3O3S/c1-20(10-12-6-7-13(21-2)14(9-12)22-3)11-16-18-17(19-23-16)15-5-4-8-24-15/h4-9H,10-11H2,1-3H3. The second kappa shape index (κ2) is 7.46. The van der Waals surface area contributed by atoms with Gasteiger partial charge in [-0.25, -0.2) is 0 Å². The Balaban J connectivity index is 1.64. The number of hydrogen-bond acceptors (Lipinski definition) is 7. The summed E-state index contributed by atoms with van der Waals surface area (Å²) in [6.07, 6.45) is 0. The molecule has 126 valence electrons. The first-order chi connectivity index (χ1) is 11.7. The number of methoxy groups -OCH3 is 2. The molecule has 0 unspecified atom stereocenters. The van der Waals surface area contributed by atoms with Crippen LogP contribution >= 0.6 is 11.3 Å². The van der Waals surface area contributed by atoms with Crippen LogP contribution in [0.15, 0.2) is 40.2 Å². The lowest BCUT2D eigenvalue weighted by Crippen LogP contribution is -2.17. The first-order valence-corrected chi connectivity index (χ1v) is 8.33. The van der Waals surface area contributed by atoms with Crippen molar-refractivity contribution < 1.29 is 14.0 Å². The van der Waals surface area contributed by atoms with E-state index >= 15 is 0 Å². The molecule has 6 nitrogen and oxygen atoms in total. The highest BCUT2D eigenvalue weighted by atomic mass is 32.1. The van der Waals surface area contributed by atoms with Crippen molar-refractivity contribution in [3.05, 3.63) is 47.2 Å². The average molecular weight is 345 g/mol. The predicted molar refractivity (Wildman–Crippen MR) is 92.3 cm³/mol. The lowest BCUT2D eigenvalue weighted by Gasteiger charge is -2.15. The summed E-state index contributed by atoms with van der Waals surface area (Å²) in [5.41, 5.74) is 1.12. The zero-order valence-electron chi connectivity index (χ0n) is 13.9. The quantitative estimate of drug-likeness (QED) is 0.654. The molecule has 0 aliphatic carbocycles. The van der Waals surface area contributed by atoms with Gasteiger partial charge in [-0.1, -0.05) is 17.3 Å². The summed E-state index contributed by atoms with van der Waals surface area (Å²) in [5.74, 6) is 2.68. The summed E-state index contributed by atoms with van der Waals surface area (Å²) in [6.45, 7) is 1.31. The van der Waals surface area contributed by atoms with Crippen LogP contribution in [-0.2, 0) is 13.1 Å². The molecule has 2 aromatic heterocycles. The number of rotatable bonds is 7. The third-order valence-corrected chi connectivity index (χ3v) is 4.38. The van der Waals surface area contributed by atoms with Gasteiger partial charge in [0.25, 0.3) is 0 Å². The Hall–Kier alpha value is -2.38. The number of benzene rings is 1. The summed E-state index contributed by atoms with van der Waals surface area (Å²) in [7, 11) is 5.27. The minimum Gasteiger partial charge on any atom is -0.493 e. The van der Waals surface area contributed by atoms with E-state index in [1.807, 2.05) is 42.8 Å². The number of thiophene rings is 1. The van der Waals surface area contributed by atoms with Crippen molar-refractivity contribution in [1.29, 1.82) is 0 Å². The maximum atomic E-state index is 5.34. The Morgan fingerprint density at radius 3 is 2.67 bits per heavy atom. The number of ether oxygens (including phenoxy) is 2. The Morgan fingerprint density at radius 2 is 1.96 bits per heavy atom. The summed E-state index contributed by atoms with van der Waals surface area (Å²) in [5, 5.41) is 6.02. The van der Waals surface area contributed by atoms with Crippen molar-refractivity contribution in [2.45, 2.75) is 13.1 Å². The molecule has 0 saturated carbocycles. The molecule has 0 aliphatic rings. The zero-order chi connectivity index (χ0) is 16.9. The second-order valence-corrected chi connectivity index (χ2v) is 6.30. The maximum absolute atomic E-state index is 5.34. The lowest BCUT2D eigenvalue weighted by atomic mass is 10.2. The van der Waals surface area contributed by atoms with E-state index in [9.17, 15) is 0 Å². The number of aromatic nitrogens is 2. The van der Waals surface area contributed by atoms with Crippen LogP contribution in [0, 0.1) is 0 Å². The molecule has 7 heteroatoms. The van der Waals surface area contributed by atoms with E-state index in [1.165, 1.54) is 0 Å². The van der Waals surface area contributed by atoms with Crippen LogP contribution in [-0.4, -0.2) is 36.3 Å². The van der Waals surface area contributed by atoms with Crippen LogP contribution in [0.3, 0.4) is 0 Å². The number of hydrogen-bond donors (Lipinski definition) is 0. The van der Waals surface area contributed by atoms with Crippen molar-refractivity contribution in [2.24, 2.45) is 0 Å². The van der Waals surface area contributed by atoms with Crippen molar-refractivity contribution >= 4 is 11.3 Å². The first kappa shape index (κ1) is 16.5. The fourth-order valence-electron chi connectivity index (χ4n) is 2.40. The van der Waals surface area contributed by atoms with Crippen LogP contribution in [0.2, 0.25) is 0 Å². The van der Waals surface area contributed by atoms with Crippen molar-refractivity contribution in [3.8, 4) is 22.2 Å². The normalized spacial score (nSPS) is 11.0. The molecular formula is C17H19N3O3S. The smallest absolute Gasteiger partial charge is 0.241 e.